The van der Waals surface area contributed by atoms with Crippen molar-refractivity contribution in [2.45, 2.75) is 277 Å². The van der Waals surface area contributed by atoms with Crippen LogP contribution in [0.15, 0.2) is 60.8 Å². The maximum absolute atomic E-state index is 12.8. The lowest BCUT2D eigenvalue weighted by molar-refractivity contribution is -0.167. The minimum Gasteiger partial charge on any atom is -0.462 e. The van der Waals surface area contributed by atoms with Crippen molar-refractivity contribution in [3.05, 3.63) is 60.8 Å². The van der Waals surface area contributed by atoms with E-state index in [1.54, 1.807) is 0 Å². The summed E-state index contributed by atoms with van der Waals surface area (Å²) in [5.74, 6) is -0.899. The van der Waals surface area contributed by atoms with Crippen LogP contribution in [0.5, 0.6) is 0 Å². The predicted molar refractivity (Wildman–Crippen MR) is 275 cm³/mol. The fourth-order valence-electron chi connectivity index (χ4n) is 7.56. The molecule has 370 valence electrons. The van der Waals surface area contributed by atoms with Gasteiger partial charge in [0.25, 0.3) is 0 Å². The van der Waals surface area contributed by atoms with E-state index in [1.807, 2.05) is 0 Å². The number of hydrogen-bond donors (Lipinski definition) is 0. The van der Waals surface area contributed by atoms with Gasteiger partial charge in [0.15, 0.2) is 6.10 Å². The van der Waals surface area contributed by atoms with Crippen LogP contribution < -0.4 is 0 Å². The first kappa shape index (κ1) is 61.1. The number of carbonyl (C=O) groups excluding carboxylic acids is 3. The third-order valence-corrected chi connectivity index (χ3v) is 11.7. The molecule has 0 fully saturated rings. The summed E-state index contributed by atoms with van der Waals surface area (Å²) in [7, 11) is 0. The van der Waals surface area contributed by atoms with Crippen LogP contribution in [0.2, 0.25) is 0 Å². The fraction of sp³-hybridized carbons (Fsp3) is 0.776. The maximum atomic E-state index is 12.8. The molecule has 0 saturated heterocycles. The van der Waals surface area contributed by atoms with Crippen molar-refractivity contribution in [2.75, 3.05) is 13.2 Å². The molecule has 0 saturated carbocycles. The van der Waals surface area contributed by atoms with Gasteiger partial charge in [-0.3, -0.25) is 14.4 Å². The molecule has 0 aliphatic rings. The van der Waals surface area contributed by atoms with Crippen LogP contribution in [0.3, 0.4) is 0 Å². The van der Waals surface area contributed by atoms with Crippen molar-refractivity contribution in [2.24, 2.45) is 0 Å². The molecule has 64 heavy (non-hydrogen) atoms. The molecule has 0 aromatic rings. The topological polar surface area (TPSA) is 78.9 Å². The van der Waals surface area contributed by atoms with Gasteiger partial charge in [0.1, 0.15) is 13.2 Å². The highest BCUT2D eigenvalue weighted by Gasteiger charge is 2.19. The molecule has 0 aliphatic carbocycles. The summed E-state index contributed by atoms with van der Waals surface area (Å²) in [5.41, 5.74) is 0. The molecule has 0 bridgehead atoms. The first-order valence-corrected chi connectivity index (χ1v) is 27.3. The molecule has 6 nitrogen and oxygen atoms in total. The number of carbonyl (C=O) groups is 3. The number of allylic oxidation sites excluding steroid dienone is 10. The Morgan fingerprint density at radius 2 is 0.594 bits per heavy atom. The molecule has 0 amide bonds. The lowest BCUT2D eigenvalue weighted by Crippen LogP contribution is -2.30. The van der Waals surface area contributed by atoms with Crippen LogP contribution in [-0.4, -0.2) is 37.2 Å². The minimum absolute atomic E-state index is 0.0819. The number of rotatable bonds is 49. The van der Waals surface area contributed by atoms with E-state index < -0.39 is 6.10 Å². The zero-order valence-electron chi connectivity index (χ0n) is 42.3. The Hall–Kier alpha value is -2.89. The average Bonchev–Trinajstić information content (AvgIpc) is 3.29. The molecule has 0 rings (SSSR count). The average molecular weight is 895 g/mol. The van der Waals surface area contributed by atoms with Crippen molar-refractivity contribution in [3.8, 4) is 0 Å². The number of hydrogen-bond acceptors (Lipinski definition) is 6. The highest BCUT2D eigenvalue weighted by atomic mass is 16.6. The van der Waals surface area contributed by atoms with Gasteiger partial charge in [0, 0.05) is 19.3 Å². The molecule has 0 N–H and O–H groups in total. The summed E-state index contributed by atoms with van der Waals surface area (Å²) in [6.45, 7) is 6.52. The Kier molecular flexibility index (Phi) is 50.4. The Bertz CT molecular complexity index is 1170. The second-order valence-electron chi connectivity index (χ2n) is 18.1. The molecule has 0 radical (unpaired) electrons. The Morgan fingerprint density at radius 1 is 0.312 bits per heavy atom. The molecule has 0 aliphatic heterocycles. The second kappa shape index (κ2) is 52.7. The van der Waals surface area contributed by atoms with Crippen LogP contribution >= 0.6 is 0 Å². The van der Waals surface area contributed by atoms with Crippen LogP contribution in [-0.2, 0) is 28.6 Å². The summed E-state index contributed by atoms with van der Waals surface area (Å²) in [4.78, 5) is 38.0. The molecule has 1 unspecified atom stereocenters. The van der Waals surface area contributed by atoms with Crippen molar-refractivity contribution in [1.82, 2.24) is 0 Å². The first-order chi connectivity index (χ1) is 31.5. The lowest BCUT2D eigenvalue weighted by Gasteiger charge is -2.18. The van der Waals surface area contributed by atoms with Crippen LogP contribution in [0.1, 0.15) is 271 Å². The quantitative estimate of drug-likeness (QED) is 0.0262. The van der Waals surface area contributed by atoms with E-state index in [4.69, 9.17) is 14.2 Å². The van der Waals surface area contributed by atoms with Gasteiger partial charge in [-0.05, 0) is 103 Å². The summed E-state index contributed by atoms with van der Waals surface area (Å²) < 4.78 is 16.8. The van der Waals surface area contributed by atoms with E-state index in [1.165, 1.54) is 141 Å². The van der Waals surface area contributed by atoms with E-state index in [9.17, 15) is 14.4 Å². The molecular weight excluding hydrogens is 793 g/mol. The standard InChI is InChI=1S/C58H102O6/c1-4-7-10-13-16-19-22-24-26-28-29-31-32-34-36-39-42-45-48-51-57(60)63-54-55(53-62-56(59)50-47-44-41-38-21-18-15-12-9-6-3)64-58(61)52-49-46-43-40-37-35-33-30-27-25-23-20-17-14-11-8-5-2/h12,15-17,19-20,24-27,55H,4-11,13-14,18,21-23,28-54H2,1-3H3/b15-12-,19-16-,20-17-,26-24-,27-25-. The molecule has 0 aromatic carbocycles. The van der Waals surface area contributed by atoms with Crippen molar-refractivity contribution >= 4 is 17.9 Å². The first-order valence-electron chi connectivity index (χ1n) is 27.3. The van der Waals surface area contributed by atoms with E-state index >= 15 is 0 Å². The van der Waals surface area contributed by atoms with Crippen LogP contribution in [0, 0.1) is 0 Å². The minimum atomic E-state index is -0.782. The smallest absolute Gasteiger partial charge is 0.306 e. The SMILES string of the molecule is CCC/C=C\CCCCCCCC(=O)OCC(COC(=O)CCCCCCCCCCC/C=C\C/C=C\CCCCC)OC(=O)CCCCCCCCC/C=C\C/C=C\CCCCC. The Morgan fingerprint density at radius 3 is 0.938 bits per heavy atom. The van der Waals surface area contributed by atoms with Gasteiger partial charge in [-0.2, -0.15) is 0 Å². The third kappa shape index (κ3) is 50.1. The molecule has 0 aromatic heterocycles. The summed E-state index contributed by atoms with van der Waals surface area (Å²) in [6.07, 6.45) is 64.9. The summed E-state index contributed by atoms with van der Waals surface area (Å²) in [5, 5.41) is 0. The summed E-state index contributed by atoms with van der Waals surface area (Å²) >= 11 is 0. The highest BCUT2D eigenvalue weighted by molar-refractivity contribution is 5.71. The molecule has 6 heteroatoms. The van der Waals surface area contributed by atoms with Gasteiger partial charge in [-0.15, -0.1) is 0 Å². The largest absolute Gasteiger partial charge is 0.462 e. The van der Waals surface area contributed by atoms with Gasteiger partial charge in [0.05, 0.1) is 0 Å². The fourth-order valence-corrected chi connectivity index (χ4v) is 7.56. The van der Waals surface area contributed by atoms with Gasteiger partial charge in [-0.1, -0.05) is 210 Å². The lowest BCUT2D eigenvalue weighted by atomic mass is 10.1. The van der Waals surface area contributed by atoms with Crippen molar-refractivity contribution in [1.29, 1.82) is 0 Å². The van der Waals surface area contributed by atoms with Crippen LogP contribution in [0.4, 0.5) is 0 Å². The van der Waals surface area contributed by atoms with Gasteiger partial charge >= 0.3 is 17.9 Å². The van der Waals surface area contributed by atoms with Gasteiger partial charge < -0.3 is 14.2 Å². The van der Waals surface area contributed by atoms with E-state index in [-0.39, 0.29) is 31.1 Å². The normalized spacial score (nSPS) is 12.5. The monoisotopic (exact) mass is 895 g/mol. The van der Waals surface area contributed by atoms with Gasteiger partial charge in [-0.25, -0.2) is 0 Å². The maximum Gasteiger partial charge on any atom is 0.306 e. The zero-order chi connectivity index (χ0) is 46.5. The molecule has 0 heterocycles. The third-order valence-electron chi connectivity index (χ3n) is 11.7. The molecule has 1 atom stereocenters. The molecule has 0 spiro atoms. The van der Waals surface area contributed by atoms with E-state index in [0.717, 1.165) is 89.9 Å². The van der Waals surface area contributed by atoms with Crippen molar-refractivity contribution < 1.29 is 28.6 Å². The second-order valence-corrected chi connectivity index (χ2v) is 18.1. The Labute approximate surface area is 396 Å². The summed E-state index contributed by atoms with van der Waals surface area (Å²) in [6, 6.07) is 0. The van der Waals surface area contributed by atoms with Crippen molar-refractivity contribution in [3.63, 3.8) is 0 Å². The molecular formula is C58H102O6. The number of unbranched alkanes of at least 4 members (excludes halogenated alkanes) is 28. The Balaban J connectivity index is 4.33. The highest BCUT2D eigenvalue weighted by Crippen LogP contribution is 2.15. The number of ether oxygens (including phenoxy) is 3. The van der Waals surface area contributed by atoms with Gasteiger partial charge in [0.2, 0.25) is 0 Å². The number of esters is 3. The van der Waals surface area contributed by atoms with E-state index in [0.29, 0.717) is 19.3 Å². The van der Waals surface area contributed by atoms with Crippen LogP contribution in [0.25, 0.3) is 0 Å². The predicted octanol–water partition coefficient (Wildman–Crippen LogP) is 18.0. The van der Waals surface area contributed by atoms with E-state index in [2.05, 4.69) is 81.5 Å². The zero-order valence-corrected chi connectivity index (χ0v) is 42.3.